The minimum atomic E-state index is -0.305. The number of amides is 1. The number of nitrogens with zero attached hydrogens (tertiary/aromatic N) is 3. The highest BCUT2D eigenvalue weighted by atomic mass is 32.1. The maximum absolute atomic E-state index is 12.4. The number of benzene rings is 2. The van der Waals surface area contributed by atoms with Gasteiger partial charge >= 0.3 is 0 Å². The van der Waals surface area contributed by atoms with E-state index in [9.17, 15) is 4.79 Å². The van der Waals surface area contributed by atoms with Gasteiger partial charge in [0.05, 0.1) is 7.11 Å². The summed E-state index contributed by atoms with van der Waals surface area (Å²) in [5, 5.41) is 7.30. The third-order valence-electron chi connectivity index (χ3n) is 3.74. The molecule has 0 saturated carbocycles. The molecule has 0 aromatic heterocycles. The Morgan fingerprint density at radius 3 is 1.96 bits per heavy atom. The van der Waals surface area contributed by atoms with E-state index in [1.807, 2.05) is 60.7 Å². The molecule has 0 spiro atoms. The van der Waals surface area contributed by atoms with Crippen LogP contribution in [0.5, 0.6) is 0 Å². The fourth-order valence-electron chi connectivity index (χ4n) is 2.32. The smallest absolute Gasteiger partial charge is 0.247 e. The van der Waals surface area contributed by atoms with Crippen LogP contribution in [0.25, 0.3) is 0 Å². The number of carbonyl (C=O) groups is 1. The van der Waals surface area contributed by atoms with Gasteiger partial charge in [0.1, 0.15) is 16.4 Å². The molecule has 2 rings (SSSR count). The Balaban J connectivity index is 1.97. The van der Waals surface area contributed by atoms with Crippen molar-refractivity contribution in [1.82, 2.24) is 15.4 Å². The van der Waals surface area contributed by atoms with Crippen LogP contribution in [0.3, 0.4) is 0 Å². The molecule has 0 atom stereocenters. The van der Waals surface area contributed by atoms with Gasteiger partial charge in [0.2, 0.25) is 11.8 Å². The number of thiocarbonyl (C=S) groups is 2. The molecule has 0 heterocycles. The first-order chi connectivity index (χ1) is 13.4. The van der Waals surface area contributed by atoms with E-state index in [4.69, 9.17) is 29.2 Å². The lowest BCUT2D eigenvalue weighted by Gasteiger charge is -2.21. The van der Waals surface area contributed by atoms with Crippen LogP contribution >= 0.6 is 24.4 Å². The molecule has 2 aromatic carbocycles. The summed E-state index contributed by atoms with van der Waals surface area (Å²) in [5.74, 6) is -0.0716. The molecular formula is C20H22N4O2S2. The highest BCUT2D eigenvalue weighted by Gasteiger charge is 2.15. The fourth-order valence-corrected chi connectivity index (χ4v) is 2.68. The first kappa shape index (κ1) is 21.5. The number of ether oxygens (including phenoxy) is 1. The van der Waals surface area contributed by atoms with E-state index in [0.29, 0.717) is 9.98 Å². The molecule has 146 valence electrons. The summed E-state index contributed by atoms with van der Waals surface area (Å²) in [6, 6.07) is 18.9. The van der Waals surface area contributed by atoms with E-state index >= 15 is 0 Å². The van der Waals surface area contributed by atoms with Crippen LogP contribution in [0.15, 0.2) is 65.8 Å². The molecule has 0 bridgehead atoms. The van der Waals surface area contributed by atoms with Crippen LogP contribution < -0.4 is 5.43 Å². The van der Waals surface area contributed by atoms with Crippen molar-refractivity contribution in [2.75, 3.05) is 21.2 Å². The molecule has 0 radical (unpaired) electrons. The van der Waals surface area contributed by atoms with Crippen molar-refractivity contribution < 1.29 is 9.53 Å². The van der Waals surface area contributed by atoms with Crippen LogP contribution in [0.4, 0.5) is 0 Å². The molecular weight excluding hydrogens is 392 g/mol. The molecule has 8 heteroatoms. The van der Waals surface area contributed by atoms with E-state index in [-0.39, 0.29) is 18.2 Å². The molecule has 28 heavy (non-hydrogen) atoms. The van der Waals surface area contributed by atoms with E-state index < -0.39 is 0 Å². The van der Waals surface area contributed by atoms with Crippen molar-refractivity contribution >= 4 is 46.2 Å². The van der Waals surface area contributed by atoms with Crippen molar-refractivity contribution in [3.8, 4) is 0 Å². The lowest BCUT2D eigenvalue weighted by molar-refractivity contribution is -0.122. The molecule has 6 nitrogen and oxygen atoms in total. The molecule has 0 aliphatic rings. The third-order valence-corrected chi connectivity index (χ3v) is 4.75. The Hall–Kier alpha value is -2.84. The van der Waals surface area contributed by atoms with E-state index in [0.717, 1.165) is 11.1 Å². The van der Waals surface area contributed by atoms with Gasteiger partial charge in [0, 0.05) is 25.2 Å². The van der Waals surface area contributed by atoms with E-state index in [1.165, 1.54) is 17.1 Å². The van der Waals surface area contributed by atoms with Crippen LogP contribution in [-0.2, 0) is 9.53 Å². The number of hydrogen-bond acceptors (Lipinski definition) is 5. The maximum Gasteiger partial charge on any atom is 0.247 e. The van der Waals surface area contributed by atoms with Gasteiger partial charge in [-0.25, -0.2) is 0 Å². The highest BCUT2D eigenvalue weighted by molar-refractivity contribution is 7.80. The van der Waals surface area contributed by atoms with E-state index in [2.05, 4.69) is 10.5 Å². The molecule has 0 aliphatic heterocycles. The number of methoxy groups -OCH3 is 1. The summed E-state index contributed by atoms with van der Waals surface area (Å²) in [6.07, 6.45) is -0.0556. The van der Waals surface area contributed by atoms with Gasteiger partial charge in [-0.2, -0.15) is 0 Å². The first-order valence-electron chi connectivity index (χ1n) is 8.49. The van der Waals surface area contributed by atoms with Gasteiger partial charge in [0.15, 0.2) is 0 Å². The molecule has 1 N–H and O–H groups in total. The van der Waals surface area contributed by atoms with Crippen molar-refractivity contribution in [2.24, 2.45) is 5.10 Å². The summed E-state index contributed by atoms with van der Waals surface area (Å²) >= 11 is 10.8. The molecule has 0 unspecified atom stereocenters. The Morgan fingerprint density at radius 1 is 0.964 bits per heavy atom. The van der Waals surface area contributed by atoms with Gasteiger partial charge in [-0.15, -0.1) is 5.10 Å². The monoisotopic (exact) mass is 414 g/mol. The Bertz CT molecular complexity index is 857. The highest BCUT2D eigenvalue weighted by Crippen LogP contribution is 2.07. The zero-order valence-electron chi connectivity index (χ0n) is 16.0. The molecule has 1 amide bonds. The van der Waals surface area contributed by atoms with Crippen molar-refractivity contribution in [2.45, 2.75) is 6.42 Å². The van der Waals surface area contributed by atoms with Crippen molar-refractivity contribution in [3.05, 3.63) is 71.8 Å². The Labute approximate surface area is 175 Å². The number of hydrazine groups is 1. The zero-order valence-corrected chi connectivity index (χ0v) is 17.6. The second-order valence-corrected chi connectivity index (χ2v) is 6.61. The maximum atomic E-state index is 12.4. The zero-order chi connectivity index (χ0) is 20.5. The topological polar surface area (TPSA) is 57.2 Å². The number of hydrogen-bond donors (Lipinski definition) is 1. The number of nitrogens with one attached hydrogen (secondary N) is 1. The second kappa shape index (κ2) is 10.5. The normalized spacial score (nSPS) is 10.8. The SMILES string of the molecule is CO/C(CC(=O)NN(C)C(=S)c1ccccc1)=N\N(C)C(=S)c1ccccc1. The average molecular weight is 415 g/mol. The van der Waals surface area contributed by atoms with Gasteiger partial charge in [0.25, 0.3) is 0 Å². The number of carbonyl (C=O) groups excluding carboxylic acids is 1. The lowest BCUT2D eigenvalue weighted by Crippen LogP contribution is -2.43. The van der Waals surface area contributed by atoms with Gasteiger partial charge in [-0.1, -0.05) is 85.1 Å². The Kier molecular flexibility index (Phi) is 8.03. The summed E-state index contributed by atoms with van der Waals surface area (Å²) < 4.78 is 5.24. The molecule has 2 aromatic rings. The van der Waals surface area contributed by atoms with Gasteiger partial charge in [-0.05, 0) is 0 Å². The second-order valence-electron chi connectivity index (χ2n) is 5.83. The third kappa shape index (κ3) is 6.11. The lowest BCUT2D eigenvalue weighted by atomic mass is 10.2. The predicted molar refractivity (Wildman–Crippen MR) is 119 cm³/mol. The minimum absolute atomic E-state index is 0.0556. The van der Waals surface area contributed by atoms with Crippen LogP contribution in [0.1, 0.15) is 17.5 Å². The summed E-state index contributed by atoms with van der Waals surface area (Å²) in [5.41, 5.74) is 4.42. The van der Waals surface area contributed by atoms with Crippen LogP contribution in [0, 0.1) is 0 Å². The predicted octanol–water partition coefficient (Wildman–Crippen LogP) is 2.98. The van der Waals surface area contributed by atoms with Gasteiger partial charge < -0.3 is 4.74 Å². The number of rotatable bonds is 5. The van der Waals surface area contributed by atoms with Crippen LogP contribution in [-0.4, -0.2) is 53.0 Å². The minimum Gasteiger partial charge on any atom is -0.483 e. The quantitative estimate of drug-likeness (QED) is 0.351. The van der Waals surface area contributed by atoms with Crippen LogP contribution in [0.2, 0.25) is 0 Å². The summed E-state index contributed by atoms with van der Waals surface area (Å²) in [7, 11) is 4.86. The fraction of sp³-hybridized carbons (Fsp3) is 0.200. The standard InChI is InChI=1S/C20H22N4O2S2/c1-23(19(27)15-10-6-4-7-11-15)21-17(25)14-18(26-3)22-24(2)20(28)16-12-8-5-9-13-16/h4-13H,14H2,1-3H3,(H,21,25)/b22-18-. The molecule has 0 aliphatic carbocycles. The summed E-state index contributed by atoms with van der Waals surface area (Å²) in [6.45, 7) is 0. The average Bonchev–Trinajstić information content (AvgIpc) is 2.73. The van der Waals surface area contributed by atoms with Crippen molar-refractivity contribution in [3.63, 3.8) is 0 Å². The molecule has 0 saturated heterocycles. The van der Waals surface area contributed by atoms with Gasteiger partial charge in [-0.3, -0.25) is 20.2 Å². The first-order valence-corrected chi connectivity index (χ1v) is 9.31. The Morgan fingerprint density at radius 2 is 1.46 bits per heavy atom. The van der Waals surface area contributed by atoms with E-state index in [1.54, 1.807) is 14.1 Å². The molecule has 0 fully saturated rings. The largest absolute Gasteiger partial charge is 0.483 e. The number of hydrazone groups is 1. The summed E-state index contributed by atoms with van der Waals surface area (Å²) in [4.78, 5) is 13.4. The van der Waals surface area contributed by atoms with Crippen molar-refractivity contribution in [1.29, 1.82) is 0 Å².